The minimum absolute atomic E-state index is 0.193. The summed E-state index contributed by atoms with van der Waals surface area (Å²) < 4.78 is 13.0. The second-order valence-electron chi connectivity index (χ2n) is 6.74. The summed E-state index contributed by atoms with van der Waals surface area (Å²) in [5.74, 6) is -0.846. The molecule has 0 aliphatic carbocycles. The van der Waals surface area contributed by atoms with Gasteiger partial charge in [-0.2, -0.15) is 5.10 Å². The Morgan fingerprint density at radius 3 is 2.67 bits per heavy atom. The summed E-state index contributed by atoms with van der Waals surface area (Å²) in [5.41, 5.74) is 2.90. The molecule has 1 aliphatic heterocycles. The predicted molar refractivity (Wildman–Crippen MR) is 101 cm³/mol. The number of hydrogen-bond acceptors (Lipinski definition) is 5. The largest absolute Gasteiger partial charge is 0.353 e. The zero-order valence-electron chi connectivity index (χ0n) is 16.2. The molecule has 7 nitrogen and oxygen atoms in total. The Morgan fingerprint density at radius 2 is 2.00 bits per heavy atom. The summed E-state index contributed by atoms with van der Waals surface area (Å²) in [6.45, 7) is 5.18. The first-order valence-corrected chi connectivity index (χ1v) is 9.55. The van der Waals surface area contributed by atoms with Crippen LogP contribution in [-0.2, 0) is 32.5 Å². The molecule has 0 radical (unpaired) electrons. The highest BCUT2D eigenvalue weighted by Gasteiger charge is 2.31. The van der Waals surface area contributed by atoms with Crippen molar-refractivity contribution >= 4 is 22.7 Å². The number of rotatable bonds is 8. The van der Waals surface area contributed by atoms with Gasteiger partial charge in [-0.15, -0.1) is 0 Å². The highest BCUT2D eigenvalue weighted by molar-refractivity contribution is 6.02. The topological polar surface area (TPSA) is 82.5 Å². The van der Waals surface area contributed by atoms with Crippen LogP contribution in [0.15, 0.2) is 18.2 Å². The van der Waals surface area contributed by atoms with Gasteiger partial charge in [0.15, 0.2) is 6.29 Å². The van der Waals surface area contributed by atoms with Crippen LogP contribution in [0.2, 0.25) is 0 Å². The van der Waals surface area contributed by atoms with Gasteiger partial charge in [-0.25, -0.2) is 0 Å². The molecule has 7 heteroatoms. The minimum atomic E-state index is -0.377. The molecule has 1 aliphatic rings. The molecule has 0 bridgehead atoms. The molecule has 2 aromatic rings. The monoisotopic (exact) mass is 373 g/mol. The van der Waals surface area contributed by atoms with E-state index in [0.717, 1.165) is 29.4 Å². The Labute approximate surface area is 159 Å². The number of aryl methyl sites for hydroxylation is 2. The molecule has 1 unspecified atom stereocenters. The third-order valence-corrected chi connectivity index (χ3v) is 4.89. The van der Waals surface area contributed by atoms with Crippen LogP contribution in [-0.4, -0.2) is 41.1 Å². The number of nitrogens with zero attached hydrogens (tertiary/aromatic N) is 2. The number of amides is 2. The number of hydrogen-bond donors (Lipinski definition) is 1. The molecule has 27 heavy (non-hydrogen) atoms. The number of aromatic nitrogens is 2. The molecule has 146 valence electrons. The number of piperidine rings is 1. The Hall–Kier alpha value is -2.25. The molecule has 2 heterocycles. The summed E-state index contributed by atoms with van der Waals surface area (Å²) >= 11 is 0. The van der Waals surface area contributed by atoms with Gasteiger partial charge in [0.1, 0.15) is 0 Å². The second kappa shape index (κ2) is 8.63. The molecule has 0 saturated carbocycles. The van der Waals surface area contributed by atoms with E-state index in [4.69, 9.17) is 9.47 Å². The predicted octanol–water partition coefficient (Wildman–Crippen LogP) is 2.43. The molecule has 0 spiro atoms. The van der Waals surface area contributed by atoms with Gasteiger partial charge in [0, 0.05) is 38.5 Å². The number of imide groups is 1. The summed E-state index contributed by atoms with van der Waals surface area (Å²) in [7, 11) is 1.88. The molecule has 1 aromatic carbocycles. The Balaban J connectivity index is 1.79. The third kappa shape index (κ3) is 4.36. The van der Waals surface area contributed by atoms with E-state index in [1.54, 1.807) is 4.68 Å². The van der Waals surface area contributed by atoms with Crippen LogP contribution >= 0.6 is 0 Å². The maximum atomic E-state index is 12.2. The van der Waals surface area contributed by atoms with Crippen LogP contribution in [0.1, 0.15) is 50.3 Å². The first-order valence-electron chi connectivity index (χ1n) is 9.55. The molecular weight excluding hydrogens is 346 g/mol. The lowest BCUT2D eigenvalue weighted by Crippen LogP contribution is -2.39. The van der Waals surface area contributed by atoms with E-state index in [2.05, 4.69) is 22.5 Å². The lowest BCUT2D eigenvalue weighted by Gasteiger charge is -2.19. The van der Waals surface area contributed by atoms with Crippen molar-refractivity contribution in [2.24, 2.45) is 7.05 Å². The molecule has 1 N–H and O–H groups in total. The number of benzene rings is 1. The van der Waals surface area contributed by atoms with E-state index >= 15 is 0 Å². The molecule has 3 rings (SSSR count). The number of fused-ring (bicyclic) bond motifs is 1. The quantitative estimate of drug-likeness (QED) is 0.568. The summed E-state index contributed by atoms with van der Waals surface area (Å²) in [6.07, 6.45) is 2.28. The molecule has 1 atom stereocenters. The fraction of sp³-hybridized carbons (Fsp3) is 0.550. The van der Waals surface area contributed by atoms with Gasteiger partial charge in [-0.3, -0.25) is 19.6 Å². The van der Waals surface area contributed by atoms with Crippen molar-refractivity contribution in [3.8, 4) is 0 Å². The average molecular weight is 373 g/mol. The lowest BCUT2D eigenvalue weighted by molar-refractivity contribution is -0.139. The van der Waals surface area contributed by atoms with Crippen LogP contribution in [0, 0.1) is 0 Å². The summed E-state index contributed by atoms with van der Waals surface area (Å²) in [6, 6.07) is 6.19. The number of carbonyl (C=O) groups is 2. The molecule has 1 fully saturated rings. The first kappa shape index (κ1) is 19.5. The smallest absolute Gasteiger partial charge is 0.235 e. The Bertz CT molecular complexity index is 824. The fourth-order valence-electron chi connectivity index (χ4n) is 3.57. The van der Waals surface area contributed by atoms with E-state index < -0.39 is 0 Å². The number of nitrogens with one attached hydrogen (secondary N) is 1. The van der Waals surface area contributed by atoms with Gasteiger partial charge in [0.2, 0.25) is 11.8 Å². The second-order valence-corrected chi connectivity index (χ2v) is 6.74. The summed E-state index contributed by atoms with van der Waals surface area (Å²) in [5, 5.41) is 7.95. The molecule has 2 amide bonds. The fourth-order valence-corrected chi connectivity index (χ4v) is 3.57. The zero-order chi connectivity index (χ0) is 19.4. The molecule has 1 saturated heterocycles. The zero-order valence-corrected chi connectivity index (χ0v) is 16.2. The van der Waals surface area contributed by atoms with Gasteiger partial charge in [-0.05, 0) is 38.3 Å². The Morgan fingerprint density at radius 1 is 1.26 bits per heavy atom. The van der Waals surface area contributed by atoms with E-state index in [9.17, 15) is 9.59 Å². The maximum Gasteiger partial charge on any atom is 0.235 e. The van der Waals surface area contributed by atoms with Crippen LogP contribution in [0.3, 0.4) is 0 Å². The van der Waals surface area contributed by atoms with Crippen molar-refractivity contribution in [3.05, 3.63) is 29.5 Å². The van der Waals surface area contributed by atoms with E-state index in [1.165, 1.54) is 5.56 Å². The van der Waals surface area contributed by atoms with Crippen molar-refractivity contribution < 1.29 is 19.1 Å². The van der Waals surface area contributed by atoms with Crippen molar-refractivity contribution in [2.45, 2.75) is 51.7 Å². The van der Waals surface area contributed by atoms with Crippen LogP contribution in [0.5, 0.6) is 0 Å². The first-order chi connectivity index (χ1) is 13.0. The standard InChI is InChI=1S/C20H27N3O4/c1-4-26-18(27-5-2)11-7-13-6-8-14-16(12-13)23(3)22-19(14)15-9-10-17(24)21-20(15)25/h6,8,12,15,18H,4-5,7,9-11H2,1-3H3,(H,21,24,25). The van der Waals surface area contributed by atoms with Crippen LogP contribution < -0.4 is 5.32 Å². The normalized spacial score (nSPS) is 17.7. The average Bonchev–Trinajstić information content (AvgIpc) is 2.96. The van der Waals surface area contributed by atoms with Gasteiger partial charge in [-0.1, -0.05) is 12.1 Å². The van der Waals surface area contributed by atoms with E-state index in [0.29, 0.717) is 26.1 Å². The maximum absolute atomic E-state index is 12.2. The number of carbonyl (C=O) groups excluding carboxylic acids is 2. The van der Waals surface area contributed by atoms with E-state index in [-0.39, 0.29) is 24.0 Å². The molecular formula is C20H27N3O4. The highest BCUT2D eigenvalue weighted by Crippen LogP contribution is 2.30. The van der Waals surface area contributed by atoms with Gasteiger partial charge < -0.3 is 9.47 Å². The van der Waals surface area contributed by atoms with Crippen molar-refractivity contribution in [1.29, 1.82) is 0 Å². The molecule has 1 aromatic heterocycles. The van der Waals surface area contributed by atoms with Gasteiger partial charge >= 0.3 is 0 Å². The van der Waals surface area contributed by atoms with E-state index in [1.807, 2.05) is 27.0 Å². The lowest BCUT2D eigenvalue weighted by atomic mass is 9.92. The van der Waals surface area contributed by atoms with Crippen LogP contribution in [0.25, 0.3) is 10.9 Å². The highest BCUT2D eigenvalue weighted by atomic mass is 16.7. The SMILES string of the molecule is CCOC(CCc1ccc2c(C3CCC(=O)NC3=O)nn(C)c2c1)OCC. The van der Waals surface area contributed by atoms with Crippen molar-refractivity contribution in [3.63, 3.8) is 0 Å². The summed E-state index contributed by atoms with van der Waals surface area (Å²) in [4.78, 5) is 23.6. The third-order valence-electron chi connectivity index (χ3n) is 4.89. The van der Waals surface area contributed by atoms with Crippen molar-refractivity contribution in [1.82, 2.24) is 15.1 Å². The van der Waals surface area contributed by atoms with Gasteiger partial charge in [0.05, 0.1) is 17.1 Å². The number of ether oxygens (including phenoxy) is 2. The van der Waals surface area contributed by atoms with Crippen LogP contribution in [0.4, 0.5) is 0 Å². The van der Waals surface area contributed by atoms with Crippen molar-refractivity contribution in [2.75, 3.05) is 13.2 Å². The Kier molecular flexibility index (Phi) is 6.23. The minimum Gasteiger partial charge on any atom is -0.353 e. The van der Waals surface area contributed by atoms with Gasteiger partial charge in [0.25, 0.3) is 0 Å².